The Hall–Kier alpha value is -0.340. The lowest BCUT2D eigenvalue weighted by Gasteiger charge is -2.23. The van der Waals surface area contributed by atoms with E-state index in [1.165, 1.54) is 49.8 Å². The van der Waals surface area contributed by atoms with E-state index in [4.69, 9.17) is 0 Å². The number of rotatable bonds is 5. The highest BCUT2D eigenvalue weighted by Crippen LogP contribution is 2.25. The molecule has 1 nitrogen and oxygen atoms in total. The van der Waals surface area contributed by atoms with Crippen LogP contribution in [0.1, 0.15) is 50.3 Å². The molecule has 17 heavy (non-hydrogen) atoms. The molecular formula is C15H25NS. The first-order chi connectivity index (χ1) is 8.36. The van der Waals surface area contributed by atoms with E-state index in [0.29, 0.717) is 6.04 Å². The molecule has 0 spiro atoms. The number of hydrogen-bond donors (Lipinski definition) is 1. The molecule has 0 saturated heterocycles. The fourth-order valence-electron chi connectivity index (χ4n) is 2.86. The second kappa shape index (κ2) is 7.17. The van der Waals surface area contributed by atoms with Gasteiger partial charge in [-0.2, -0.15) is 0 Å². The third kappa shape index (κ3) is 4.44. The first kappa shape index (κ1) is 13.1. The predicted molar refractivity (Wildman–Crippen MR) is 76.7 cm³/mol. The topological polar surface area (TPSA) is 12.0 Å². The summed E-state index contributed by atoms with van der Waals surface area (Å²) in [7, 11) is 0. The molecule has 2 heteroatoms. The quantitative estimate of drug-likeness (QED) is 0.772. The van der Waals surface area contributed by atoms with Gasteiger partial charge in [0.1, 0.15) is 0 Å². The fourth-order valence-corrected chi connectivity index (χ4v) is 3.56. The third-order valence-corrected chi connectivity index (χ3v) is 4.96. The van der Waals surface area contributed by atoms with Crippen LogP contribution in [0.25, 0.3) is 0 Å². The standard InChI is InChI=1S/C15H25NS/c1-13(14-7-4-2-3-5-8-14)16-11-10-15-9-6-12-17-15/h6,9,12-14,16H,2-5,7-8,10-11H2,1H3/t13-/m1/s1. The van der Waals surface area contributed by atoms with Gasteiger partial charge in [-0.05, 0) is 43.6 Å². The number of hydrogen-bond acceptors (Lipinski definition) is 2. The van der Waals surface area contributed by atoms with Crippen molar-refractivity contribution in [2.24, 2.45) is 5.92 Å². The van der Waals surface area contributed by atoms with E-state index < -0.39 is 0 Å². The summed E-state index contributed by atoms with van der Waals surface area (Å²) in [5.41, 5.74) is 0. The molecule has 0 aromatic carbocycles. The van der Waals surface area contributed by atoms with Gasteiger partial charge < -0.3 is 5.32 Å². The van der Waals surface area contributed by atoms with Gasteiger partial charge in [0.15, 0.2) is 0 Å². The van der Waals surface area contributed by atoms with Gasteiger partial charge in [-0.25, -0.2) is 0 Å². The second-order valence-electron chi connectivity index (χ2n) is 5.32. The van der Waals surface area contributed by atoms with E-state index in [9.17, 15) is 0 Å². The SMILES string of the molecule is C[C@@H](NCCc1cccs1)C1CCCCCC1. The predicted octanol–water partition coefficient (Wildman–Crippen LogP) is 4.24. The van der Waals surface area contributed by atoms with E-state index in [1.807, 2.05) is 11.3 Å². The minimum Gasteiger partial charge on any atom is -0.314 e. The Balaban J connectivity index is 1.67. The molecule has 1 N–H and O–H groups in total. The molecular weight excluding hydrogens is 226 g/mol. The fraction of sp³-hybridized carbons (Fsp3) is 0.733. The van der Waals surface area contributed by atoms with Gasteiger partial charge >= 0.3 is 0 Å². The van der Waals surface area contributed by atoms with Crippen molar-refractivity contribution < 1.29 is 0 Å². The lowest BCUT2D eigenvalue weighted by molar-refractivity contribution is 0.340. The summed E-state index contributed by atoms with van der Waals surface area (Å²) in [5.74, 6) is 0.917. The van der Waals surface area contributed by atoms with Crippen LogP contribution in [0.2, 0.25) is 0 Å². The number of thiophene rings is 1. The van der Waals surface area contributed by atoms with Crippen molar-refractivity contribution in [2.45, 2.75) is 57.9 Å². The van der Waals surface area contributed by atoms with Crippen molar-refractivity contribution in [3.8, 4) is 0 Å². The minimum absolute atomic E-state index is 0.702. The van der Waals surface area contributed by atoms with Crippen LogP contribution in [-0.2, 0) is 6.42 Å². The van der Waals surface area contributed by atoms with Crippen LogP contribution in [-0.4, -0.2) is 12.6 Å². The number of nitrogens with one attached hydrogen (secondary N) is 1. The van der Waals surface area contributed by atoms with E-state index in [-0.39, 0.29) is 0 Å². The van der Waals surface area contributed by atoms with Crippen molar-refractivity contribution in [3.63, 3.8) is 0 Å². The summed E-state index contributed by atoms with van der Waals surface area (Å²) in [6, 6.07) is 5.09. The Labute approximate surface area is 110 Å². The molecule has 0 unspecified atom stereocenters. The lowest BCUT2D eigenvalue weighted by atomic mass is 9.93. The van der Waals surface area contributed by atoms with Crippen molar-refractivity contribution in [1.82, 2.24) is 5.32 Å². The molecule has 1 heterocycles. The zero-order chi connectivity index (χ0) is 11.9. The highest BCUT2D eigenvalue weighted by molar-refractivity contribution is 7.09. The van der Waals surface area contributed by atoms with Crippen LogP contribution in [0, 0.1) is 5.92 Å². The highest BCUT2D eigenvalue weighted by Gasteiger charge is 2.18. The molecule has 1 aliphatic rings. The van der Waals surface area contributed by atoms with E-state index in [0.717, 1.165) is 12.5 Å². The lowest BCUT2D eigenvalue weighted by Crippen LogP contribution is -2.34. The Morgan fingerprint density at radius 2 is 2.06 bits per heavy atom. The molecule has 1 fully saturated rings. The van der Waals surface area contributed by atoms with Gasteiger partial charge in [-0.15, -0.1) is 11.3 Å². The zero-order valence-corrected chi connectivity index (χ0v) is 11.8. The summed E-state index contributed by atoms with van der Waals surface area (Å²) in [6.45, 7) is 3.52. The molecule has 1 aromatic heterocycles. The van der Waals surface area contributed by atoms with Crippen LogP contribution in [0.3, 0.4) is 0 Å². The third-order valence-electron chi connectivity index (χ3n) is 4.02. The van der Waals surface area contributed by atoms with Crippen molar-refractivity contribution in [2.75, 3.05) is 6.54 Å². The van der Waals surface area contributed by atoms with Crippen molar-refractivity contribution >= 4 is 11.3 Å². The Morgan fingerprint density at radius 1 is 1.29 bits per heavy atom. The van der Waals surface area contributed by atoms with Gasteiger partial charge in [0.25, 0.3) is 0 Å². The summed E-state index contributed by atoms with van der Waals surface area (Å²) in [6.07, 6.45) is 9.87. The van der Waals surface area contributed by atoms with Crippen LogP contribution in [0.15, 0.2) is 17.5 Å². The molecule has 1 aromatic rings. The summed E-state index contributed by atoms with van der Waals surface area (Å²) in [5, 5.41) is 5.90. The van der Waals surface area contributed by atoms with Gasteiger partial charge in [-0.3, -0.25) is 0 Å². The maximum Gasteiger partial charge on any atom is 0.00671 e. The molecule has 96 valence electrons. The summed E-state index contributed by atoms with van der Waals surface area (Å²) >= 11 is 1.87. The van der Waals surface area contributed by atoms with Gasteiger partial charge in [0.05, 0.1) is 0 Å². The van der Waals surface area contributed by atoms with Gasteiger partial charge in [-0.1, -0.05) is 31.7 Å². The average molecular weight is 251 g/mol. The average Bonchev–Trinajstić information content (AvgIpc) is 2.69. The summed E-state index contributed by atoms with van der Waals surface area (Å²) in [4.78, 5) is 1.51. The maximum absolute atomic E-state index is 3.73. The van der Waals surface area contributed by atoms with Crippen LogP contribution < -0.4 is 5.32 Å². The van der Waals surface area contributed by atoms with Crippen LogP contribution >= 0.6 is 11.3 Å². The van der Waals surface area contributed by atoms with Crippen LogP contribution in [0.4, 0.5) is 0 Å². The Bertz CT molecular complexity index is 286. The smallest absolute Gasteiger partial charge is 0.00671 e. The van der Waals surface area contributed by atoms with Gasteiger partial charge in [0, 0.05) is 17.5 Å². The van der Waals surface area contributed by atoms with E-state index >= 15 is 0 Å². The molecule has 0 bridgehead atoms. The second-order valence-corrected chi connectivity index (χ2v) is 6.36. The molecule has 0 amide bonds. The van der Waals surface area contributed by atoms with Crippen LogP contribution in [0.5, 0.6) is 0 Å². The molecule has 1 atom stereocenters. The van der Waals surface area contributed by atoms with Crippen molar-refractivity contribution in [3.05, 3.63) is 22.4 Å². The van der Waals surface area contributed by atoms with E-state index in [1.54, 1.807) is 0 Å². The summed E-state index contributed by atoms with van der Waals surface area (Å²) < 4.78 is 0. The maximum atomic E-state index is 3.73. The Morgan fingerprint density at radius 3 is 2.71 bits per heavy atom. The van der Waals surface area contributed by atoms with Gasteiger partial charge in [0.2, 0.25) is 0 Å². The normalized spacial score (nSPS) is 20.1. The highest BCUT2D eigenvalue weighted by atomic mass is 32.1. The Kier molecular flexibility index (Phi) is 5.53. The van der Waals surface area contributed by atoms with Crippen molar-refractivity contribution in [1.29, 1.82) is 0 Å². The first-order valence-electron chi connectivity index (χ1n) is 7.12. The molecule has 0 radical (unpaired) electrons. The molecule has 1 aliphatic carbocycles. The molecule has 0 aliphatic heterocycles. The minimum atomic E-state index is 0.702. The monoisotopic (exact) mass is 251 g/mol. The molecule has 1 saturated carbocycles. The first-order valence-corrected chi connectivity index (χ1v) is 8.00. The van der Waals surface area contributed by atoms with E-state index in [2.05, 4.69) is 29.8 Å². The zero-order valence-electron chi connectivity index (χ0n) is 11.0. The largest absolute Gasteiger partial charge is 0.314 e. The molecule has 2 rings (SSSR count).